The summed E-state index contributed by atoms with van der Waals surface area (Å²) in [6.45, 7) is 1.57. The third kappa shape index (κ3) is 4.79. The number of hydrogen-bond acceptors (Lipinski definition) is 5. The number of halogens is 6. The molecule has 4 aromatic rings. The number of pyridine rings is 1. The van der Waals surface area contributed by atoms with Crippen LogP contribution in [-0.4, -0.2) is 30.7 Å². The second-order valence-electron chi connectivity index (χ2n) is 7.21. The zero-order valence-corrected chi connectivity index (χ0v) is 19.6. The van der Waals surface area contributed by atoms with Crippen molar-refractivity contribution in [1.82, 2.24) is 19.6 Å². The van der Waals surface area contributed by atoms with Crippen LogP contribution in [0, 0.1) is 5.92 Å². The van der Waals surface area contributed by atoms with Crippen molar-refractivity contribution in [1.29, 1.82) is 0 Å². The fourth-order valence-electron chi connectivity index (χ4n) is 3.08. The summed E-state index contributed by atoms with van der Waals surface area (Å²) in [5.74, 6) is -1.59. The molecular formula is C20H12Cl3F3N4O2S. The van der Waals surface area contributed by atoms with Crippen LogP contribution in [-0.2, 0) is 17.4 Å². The smallest absolute Gasteiger partial charge is 0.417 e. The number of carbonyl (C=O) groups is 1. The molecule has 1 aromatic carbocycles. The summed E-state index contributed by atoms with van der Waals surface area (Å²) in [7, 11) is 0. The molecule has 0 aliphatic carbocycles. The first-order valence-electron chi connectivity index (χ1n) is 9.24. The average molecular weight is 536 g/mol. The first-order valence-corrected chi connectivity index (χ1v) is 11.2. The molecule has 1 atom stereocenters. The number of hydrogen-bond donors (Lipinski definition) is 1. The predicted octanol–water partition coefficient (Wildman–Crippen LogP) is 6.76. The quantitative estimate of drug-likeness (QED) is 0.305. The average Bonchev–Trinajstić information content (AvgIpc) is 3.37. The Labute approximate surface area is 203 Å². The first kappa shape index (κ1) is 23.7. The van der Waals surface area contributed by atoms with Gasteiger partial charge in [0, 0.05) is 23.0 Å². The van der Waals surface area contributed by atoms with E-state index in [-0.39, 0.29) is 22.8 Å². The highest BCUT2D eigenvalue weighted by molar-refractivity contribution is 7.18. The Morgan fingerprint density at radius 3 is 2.45 bits per heavy atom. The predicted molar refractivity (Wildman–Crippen MR) is 120 cm³/mol. The van der Waals surface area contributed by atoms with E-state index in [0.717, 1.165) is 23.6 Å². The summed E-state index contributed by atoms with van der Waals surface area (Å²) in [5.41, 5.74) is 0.600. The zero-order valence-electron chi connectivity index (χ0n) is 16.5. The Morgan fingerprint density at radius 2 is 1.79 bits per heavy atom. The van der Waals surface area contributed by atoms with Crippen molar-refractivity contribution in [2.75, 3.05) is 0 Å². The fraction of sp³-hybridized carbons (Fsp3) is 0.200. The van der Waals surface area contributed by atoms with Crippen molar-refractivity contribution >= 4 is 57.8 Å². The number of carboxylic acid groups (broad SMARTS) is 1. The lowest BCUT2D eigenvalue weighted by Gasteiger charge is -2.10. The van der Waals surface area contributed by atoms with Crippen molar-refractivity contribution in [2.24, 2.45) is 5.92 Å². The molecule has 4 rings (SSSR count). The molecule has 0 amide bonds. The van der Waals surface area contributed by atoms with E-state index in [2.05, 4.69) is 15.2 Å². The van der Waals surface area contributed by atoms with Crippen LogP contribution in [0.15, 0.2) is 30.6 Å². The Hall–Kier alpha value is -2.40. The zero-order chi connectivity index (χ0) is 24.1. The number of nitrogens with zero attached hydrogens (tertiary/aromatic N) is 4. The van der Waals surface area contributed by atoms with Crippen LogP contribution in [0.1, 0.15) is 18.1 Å². The van der Waals surface area contributed by atoms with Crippen LogP contribution in [0.4, 0.5) is 13.2 Å². The first-order chi connectivity index (χ1) is 15.4. The Kier molecular flexibility index (Phi) is 6.30. The molecular weight excluding hydrogens is 524 g/mol. The van der Waals surface area contributed by atoms with Gasteiger partial charge in [-0.25, -0.2) is 4.98 Å². The molecule has 33 heavy (non-hydrogen) atoms. The molecule has 0 saturated heterocycles. The molecule has 0 aliphatic heterocycles. The van der Waals surface area contributed by atoms with Gasteiger partial charge in [0.1, 0.15) is 10.7 Å². The monoisotopic (exact) mass is 534 g/mol. The molecule has 3 aromatic heterocycles. The number of carboxylic acids is 1. The van der Waals surface area contributed by atoms with Gasteiger partial charge in [0.15, 0.2) is 10.7 Å². The van der Waals surface area contributed by atoms with Crippen LogP contribution in [0.25, 0.3) is 26.9 Å². The number of benzene rings is 1. The van der Waals surface area contributed by atoms with Gasteiger partial charge >= 0.3 is 12.1 Å². The van der Waals surface area contributed by atoms with E-state index in [1.54, 1.807) is 19.1 Å². The van der Waals surface area contributed by atoms with Gasteiger partial charge in [-0.2, -0.15) is 13.2 Å². The lowest BCUT2D eigenvalue weighted by Crippen LogP contribution is -2.12. The molecule has 13 heteroatoms. The number of rotatable bonds is 5. The molecule has 0 radical (unpaired) electrons. The van der Waals surface area contributed by atoms with E-state index >= 15 is 0 Å². The molecule has 172 valence electrons. The molecule has 1 N–H and O–H groups in total. The molecule has 1 unspecified atom stereocenters. The highest BCUT2D eigenvalue weighted by Crippen LogP contribution is 2.38. The summed E-state index contributed by atoms with van der Waals surface area (Å²) in [6, 6.07) is 3.98. The maximum absolute atomic E-state index is 13.1. The molecule has 0 spiro atoms. The minimum Gasteiger partial charge on any atom is -0.481 e. The topological polar surface area (TPSA) is 80.4 Å². The van der Waals surface area contributed by atoms with Gasteiger partial charge in [0.05, 0.1) is 21.5 Å². The van der Waals surface area contributed by atoms with Crippen LogP contribution < -0.4 is 0 Å². The number of alkyl halides is 3. The lowest BCUT2D eigenvalue weighted by molar-refractivity contribution is -0.141. The standard InChI is InChI=1S/C20H12Cl3F3N4O2S/c1-8(19(31)32)2-9-3-13(22)11(5-12(9)21)17-28-29-18(33-17)15-7-30-6-10(20(24,25)26)4-14(23)16(30)27-15/h3-8H,2H2,1H3,(H,31,32). The second kappa shape index (κ2) is 8.75. The minimum atomic E-state index is -4.55. The van der Waals surface area contributed by atoms with E-state index in [1.165, 1.54) is 10.6 Å². The third-order valence-electron chi connectivity index (χ3n) is 4.79. The van der Waals surface area contributed by atoms with Crippen molar-refractivity contribution in [3.8, 4) is 21.3 Å². The second-order valence-corrected chi connectivity index (χ2v) is 9.41. The molecule has 0 bridgehead atoms. The van der Waals surface area contributed by atoms with Gasteiger partial charge in [-0.1, -0.05) is 53.1 Å². The minimum absolute atomic E-state index is 0.148. The van der Waals surface area contributed by atoms with E-state index in [9.17, 15) is 18.0 Å². The largest absolute Gasteiger partial charge is 0.481 e. The lowest BCUT2D eigenvalue weighted by atomic mass is 10.00. The highest BCUT2D eigenvalue weighted by Gasteiger charge is 2.32. The molecule has 0 saturated carbocycles. The molecule has 0 aliphatic rings. The van der Waals surface area contributed by atoms with Crippen molar-refractivity contribution in [3.05, 3.63) is 56.8 Å². The summed E-state index contributed by atoms with van der Waals surface area (Å²) in [5, 5.41) is 18.5. The Bertz CT molecular complexity index is 1390. The number of fused-ring (bicyclic) bond motifs is 1. The van der Waals surface area contributed by atoms with Gasteiger partial charge in [0.25, 0.3) is 0 Å². The van der Waals surface area contributed by atoms with E-state index < -0.39 is 23.6 Å². The fourth-order valence-corrected chi connectivity index (χ4v) is 4.73. The number of aliphatic carboxylic acids is 1. The third-order valence-corrected chi connectivity index (χ3v) is 6.71. The number of aromatic nitrogens is 4. The van der Waals surface area contributed by atoms with Crippen LogP contribution in [0.5, 0.6) is 0 Å². The van der Waals surface area contributed by atoms with Gasteiger partial charge in [-0.3, -0.25) is 4.79 Å². The van der Waals surface area contributed by atoms with Crippen molar-refractivity contribution in [2.45, 2.75) is 19.5 Å². The molecule has 6 nitrogen and oxygen atoms in total. The maximum atomic E-state index is 13.1. The Morgan fingerprint density at radius 1 is 1.09 bits per heavy atom. The van der Waals surface area contributed by atoms with E-state index in [4.69, 9.17) is 39.9 Å². The van der Waals surface area contributed by atoms with Gasteiger partial charge in [0.2, 0.25) is 0 Å². The molecule has 0 fully saturated rings. The Balaban J connectivity index is 1.68. The summed E-state index contributed by atoms with van der Waals surface area (Å²) in [6.07, 6.45) is -2.07. The van der Waals surface area contributed by atoms with Crippen LogP contribution in [0.3, 0.4) is 0 Å². The van der Waals surface area contributed by atoms with E-state index in [1.807, 2.05) is 0 Å². The number of imidazole rings is 1. The van der Waals surface area contributed by atoms with Gasteiger partial charge in [-0.15, -0.1) is 10.2 Å². The molecule has 3 heterocycles. The normalized spacial score (nSPS) is 12.9. The highest BCUT2D eigenvalue weighted by atomic mass is 35.5. The summed E-state index contributed by atoms with van der Waals surface area (Å²) >= 11 is 19.8. The summed E-state index contributed by atoms with van der Waals surface area (Å²) in [4.78, 5) is 15.4. The maximum Gasteiger partial charge on any atom is 0.417 e. The summed E-state index contributed by atoms with van der Waals surface area (Å²) < 4.78 is 40.4. The van der Waals surface area contributed by atoms with E-state index in [0.29, 0.717) is 31.2 Å². The van der Waals surface area contributed by atoms with Crippen LogP contribution in [0.2, 0.25) is 15.1 Å². The SMILES string of the molecule is CC(Cc1cc(Cl)c(-c2nnc(-c3cn4cc(C(F)(F)F)cc(Cl)c4n3)s2)cc1Cl)C(=O)O. The van der Waals surface area contributed by atoms with Crippen LogP contribution >= 0.6 is 46.1 Å². The van der Waals surface area contributed by atoms with Gasteiger partial charge in [-0.05, 0) is 30.2 Å². The van der Waals surface area contributed by atoms with Crippen molar-refractivity contribution in [3.63, 3.8) is 0 Å². The van der Waals surface area contributed by atoms with Gasteiger partial charge < -0.3 is 9.51 Å². The van der Waals surface area contributed by atoms with Crippen molar-refractivity contribution < 1.29 is 23.1 Å².